The molecule has 2 fully saturated rings. The Bertz CT molecular complexity index is 406. The summed E-state index contributed by atoms with van der Waals surface area (Å²) in [7, 11) is 0. The van der Waals surface area contributed by atoms with Crippen molar-refractivity contribution in [3.05, 3.63) is 0 Å². The Morgan fingerprint density at radius 3 is 1.75 bits per heavy atom. The number of rotatable bonds is 7. The van der Waals surface area contributed by atoms with Crippen LogP contribution in [0.4, 0.5) is 0 Å². The molecule has 0 heterocycles. The average molecular weight is 338 g/mol. The molecule has 0 radical (unpaired) electrons. The molecular formula is C20H34O4. The fourth-order valence-electron chi connectivity index (χ4n) is 4.61. The normalized spacial score (nSPS) is 23.0. The number of carboxylic acid groups (broad SMARTS) is 1. The Hall–Kier alpha value is -1.06. The van der Waals surface area contributed by atoms with Gasteiger partial charge in [-0.15, -0.1) is 0 Å². The van der Waals surface area contributed by atoms with Crippen molar-refractivity contribution in [2.75, 3.05) is 6.61 Å². The first-order valence-corrected chi connectivity index (χ1v) is 9.90. The Morgan fingerprint density at radius 2 is 1.33 bits per heavy atom. The van der Waals surface area contributed by atoms with Crippen LogP contribution in [-0.4, -0.2) is 23.7 Å². The highest BCUT2D eigenvalue weighted by Crippen LogP contribution is 2.42. The number of hydrogen-bond donors (Lipinski definition) is 1. The molecule has 0 spiro atoms. The van der Waals surface area contributed by atoms with Crippen molar-refractivity contribution in [3.8, 4) is 0 Å². The molecular weight excluding hydrogens is 304 g/mol. The van der Waals surface area contributed by atoms with Gasteiger partial charge < -0.3 is 9.84 Å². The van der Waals surface area contributed by atoms with Crippen LogP contribution in [0.1, 0.15) is 78.1 Å². The molecule has 2 aliphatic carbocycles. The van der Waals surface area contributed by atoms with Gasteiger partial charge >= 0.3 is 11.9 Å². The molecule has 0 aromatic heterocycles. The van der Waals surface area contributed by atoms with Crippen LogP contribution >= 0.6 is 0 Å². The topological polar surface area (TPSA) is 63.6 Å². The van der Waals surface area contributed by atoms with Gasteiger partial charge in [-0.25, -0.2) is 0 Å². The first-order valence-electron chi connectivity index (χ1n) is 9.90. The summed E-state index contributed by atoms with van der Waals surface area (Å²) < 4.78 is 5.54. The van der Waals surface area contributed by atoms with E-state index in [9.17, 15) is 14.7 Å². The summed E-state index contributed by atoms with van der Waals surface area (Å²) in [5.41, 5.74) is 0. The third kappa shape index (κ3) is 5.22. The van der Waals surface area contributed by atoms with Crippen LogP contribution in [0.3, 0.4) is 0 Å². The molecule has 2 aliphatic rings. The summed E-state index contributed by atoms with van der Waals surface area (Å²) in [4.78, 5) is 25.0. The number of ether oxygens (including phenoxy) is 1. The monoisotopic (exact) mass is 338 g/mol. The molecule has 2 saturated carbocycles. The highest BCUT2D eigenvalue weighted by molar-refractivity contribution is 5.81. The fraction of sp³-hybridized carbons (Fsp3) is 0.900. The molecule has 4 heteroatoms. The average Bonchev–Trinajstić information content (AvgIpc) is 2.58. The third-order valence-corrected chi connectivity index (χ3v) is 5.82. The lowest BCUT2D eigenvalue weighted by Gasteiger charge is -2.37. The summed E-state index contributed by atoms with van der Waals surface area (Å²) in [6.45, 7) is 4.41. The van der Waals surface area contributed by atoms with Gasteiger partial charge in [0, 0.05) is 0 Å². The van der Waals surface area contributed by atoms with Gasteiger partial charge in [0.25, 0.3) is 0 Å². The van der Waals surface area contributed by atoms with E-state index < -0.39 is 17.8 Å². The van der Waals surface area contributed by atoms with Crippen molar-refractivity contribution in [2.45, 2.75) is 78.1 Å². The van der Waals surface area contributed by atoms with Gasteiger partial charge in [-0.3, -0.25) is 9.59 Å². The van der Waals surface area contributed by atoms with E-state index in [4.69, 9.17) is 4.74 Å². The summed E-state index contributed by atoms with van der Waals surface area (Å²) in [6.07, 6.45) is 10.6. The summed E-state index contributed by atoms with van der Waals surface area (Å²) >= 11 is 0. The van der Waals surface area contributed by atoms with Crippen molar-refractivity contribution in [1.82, 2.24) is 0 Å². The molecule has 0 aromatic rings. The molecule has 2 rings (SSSR count). The molecule has 138 valence electrons. The van der Waals surface area contributed by atoms with Crippen LogP contribution in [0.25, 0.3) is 0 Å². The Labute approximate surface area is 146 Å². The maximum Gasteiger partial charge on any atom is 0.310 e. The molecule has 1 N–H and O–H groups in total. The number of aliphatic carboxylic acids is 1. The zero-order chi connectivity index (χ0) is 17.5. The fourth-order valence-corrected chi connectivity index (χ4v) is 4.61. The van der Waals surface area contributed by atoms with E-state index in [0.717, 1.165) is 51.4 Å². The number of carbonyl (C=O) groups is 2. The van der Waals surface area contributed by atoms with E-state index in [2.05, 4.69) is 0 Å². The van der Waals surface area contributed by atoms with Crippen molar-refractivity contribution < 1.29 is 19.4 Å². The van der Waals surface area contributed by atoms with Gasteiger partial charge in [0.15, 0.2) is 0 Å². The summed E-state index contributed by atoms with van der Waals surface area (Å²) in [6, 6.07) is 0. The molecule has 0 saturated heterocycles. The lowest BCUT2D eigenvalue weighted by Crippen LogP contribution is -2.42. The van der Waals surface area contributed by atoms with Crippen molar-refractivity contribution >= 4 is 11.9 Å². The van der Waals surface area contributed by atoms with Gasteiger partial charge in [0.05, 0.1) is 18.4 Å². The van der Waals surface area contributed by atoms with Gasteiger partial charge in [0.1, 0.15) is 0 Å². The molecule has 2 atom stereocenters. The lowest BCUT2D eigenvalue weighted by molar-refractivity contribution is -0.164. The van der Waals surface area contributed by atoms with E-state index >= 15 is 0 Å². The predicted molar refractivity (Wildman–Crippen MR) is 93.6 cm³/mol. The zero-order valence-corrected chi connectivity index (χ0v) is 15.3. The largest absolute Gasteiger partial charge is 0.481 e. The number of hydrogen-bond acceptors (Lipinski definition) is 3. The maximum absolute atomic E-state index is 12.8. The highest BCUT2D eigenvalue weighted by Gasteiger charge is 2.44. The summed E-state index contributed by atoms with van der Waals surface area (Å²) in [5, 5.41) is 9.95. The van der Waals surface area contributed by atoms with Crippen molar-refractivity contribution in [2.24, 2.45) is 29.6 Å². The Kier molecular flexibility index (Phi) is 7.57. The lowest BCUT2D eigenvalue weighted by atomic mass is 9.67. The number of carboxylic acids is 1. The standard InChI is InChI=1S/C20H34O4/c1-14(2)13-24-20(23)18(16-11-7-4-8-12-16)17(19(21)22)15-9-5-3-6-10-15/h14-18H,3-13H2,1-2H3,(H,21,22)/t17-,18+/m0/s1. The molecule has 0 bridgehead atoms. The summed E-state index contributed by atoms with van der Waals surface area (Å²) in [5.74, 6) is -1.47. The number of esters is 1. The quantitative estimate of drug-likeness (QED) is 0.686. The second-order valence-electron chi connectivity index (χ2n) is 8.21. The molecule has 0 amide bonds. The smallest absolute Gasteiger partial charge is 0.310 e. The van der Waals surface area contributed by atoms with Crippen molar-refractivity contribution in [1.29, 1.82) is 0 Å². The van der Waals surface area contributed by atoms with Gasteiger partial charge in [0.2, 0.25) is 0 Å². The van der Waals surface area contributed by atoms with E-state index in [-0.39, 0.29) is 23.7 Å². The van der Waals surface area contributed by atoms with Crippen LogP contribution in [0, 0.1) is 29.6 Å². The predicted octanol–water partition coefficient (Wildman–Crippen LogP) is 4.66. The van der Waals surface area contributed by atoms with Crippen LogP contribution in [0.5, 0.6) is 0 Å². The van der Waals surface area contributed by atoms with E-state index in [1.54, 1.807) is 0 Å². The Morgan fingerprint density at radius 1 is 0.875 bits per heavy atom. The minimum Gasteiger partial charge on any atom is -0.481 e. The number of carbonyl (C=O) groups excluding carboxylic acids is 1. The third-order valence-electron chi connectivity index (χ3n) is 5.82. The van der Waals surface area contributed by atoms with E-state index in [1.807, 2.05) is 13.8 Å². The van der Waals surface area contributed by atoms with Gasteiger partial charge in [-0.1, -0.05) is 52.4 Å². The van der Waals surface area contributed by atoms with Crippen LogP contribution in [-0.2, 0) is 14.3 Å². The van der Waals surface area contributed by atoms with Crippen molar-refractivity contribution in [3.63, 3.8) is 0 Å². The minimum absolute atomic E-state index is 0.134. The molecule has 4 nitrogen and oxygen atoms in total. The molecule has 0 aliphatic heterocycles. The molecule has 0 unspecified atom stereocenters. The Balaban J connectivity index is 2.19. The molecule has 24 heavy (non-hydrogen) atoms. The van der Waals surface area contributed by atoms with Gasteiger partial charge in [-0.2, -0.15) is 0 Å². The zero-order valence-electron chi connectivity index (χ0n) is 15.3. The SMILES string of the molecule is CC(C)COC(=O)[C@H](C1CCCCC1)[C@@H](C(=O)O)C1CCCCC1. The van der Waals surface area contributed by atoms with E-state index in [1.165, 1.54) is 12.8 Å². The van der Waals surface area contributed by atoms with E-state index in [0.29, 0.717) is 6.61 Å². The van der Waals surface area contributed by atoms with Crippen LogP contribution in [0.2, 0.25) is 0 Å². The molecule has 0 aromatic carbocycles. The van der Waals surface area contributed by atoms with Gasteiger partial charge in [-0.05, 0) is 43.4 Å². The second-order valence-corrected chi connectivity index (χ2v) is 8.21. The maximum atomic E-state index is 12.8. The van der Waals surface area contributed by atoms with Crippen LogP contribution < -0.4 is 0 Å². The second kappa shape index (κ2) is 9.43. The minimum atomic E-state index is -0.793. The van der Waals surface area contributed by atoms with Crippen LogP contribution in [0.15, 0.2) is 0 Å². The first kappa shape index (κ1) is 19.3. The highest BCUT2D eigenvalue weighted by atomic mass is 16.5. The first-order chi connectivity index (χ1) is 11.5.